The first kappa shape index (κ1) is 13.1. The second-order valence-electron chi connectivity index (χ2n) is 4.23. The lowest BCUT2D eigenvalue weighted by Crippen LogP contribution is -2.27. The molecule has 0 aliphatic carbocycles. The molecule has 0 aromatic heterocycles. The summed E-state index contributed by atoms with van der Waals surface area (Å²) in [5.74, 6) is -0.644. The molecule has 0 saturated carbocycles. The summed E-state index contributed by atoms with van der Waals surface area (Å²) in [4.78, 5) is 13.3. The van der Waals surface area contributed by atoms with E-state index in [1.54, 1.807) is 17.0 Å². The second-order valence-corrected chi connectivity index (χ2v) is 4.64. The van der Waals surface area contributed by atoms with Crippen molar-refractivity contribution in [2.45, 2.75) is 12.5 Å². The van der Waals surface area contributed by atoms with E-state index < -0.39 is 11.9 Å². The van der Waals surface area contributed by atoms with Crippen molar-refractivity contribution in [3.05, 3.63) is 40.7 Å². The van der Waals surface area contributed by atoms with Crippen LogP contribution in [0.15, 0.2) is 24.3 Å². The van der Waals surface area contributed by atoms with Crippen molar-refractivity contribution < 1.29 is 14.3 Å². The van der Waals surface area contributed by atoms with E-state index in [0.29, 0.717) is 25.1 Å². The summed E-state index contributed by atoms with van der Waals surface area (Å²) in [6, 6.07) is 4.26. The zero-order chi connectivity index (χ0) is 13.1. The van der Waals surface area contributed by atoms with Crippen LogP contribution < -0.4 is 0 Å². The Kier molecular flexibility index (Phi) is 3.99. The van der Waals surface area contributed by atoms with Crippen LogP contribution in [-0.2, 0) is 4.79 Å². The Morgan fingerprint density at radius 3 is 2.94 bits per heavy atom. The predicted octanol–water partition coefficient (Wildman–Crippen LogP) is 2.09. The van der Waals surface area contributed by atoms with E-state index in [1.165, 1.54) is 18.2 Å². The molecule has 1 atom stereocenters. The molecule has 2 rings (SSSR count). The number of likely N-dealkylation sites (tertiary alicyclic amines) is 1. The Bertz CT molecular complexity index is 490. The normalized spacial score (nSPS) is 19.7. The summed E-state index contributed by atoms with van der Waals surface area (Å²) >= 11 is 5.64. The molecule has 0 spiro atoms. The molecule has 1 amide bonds. The maximum atomic E-state index is 12.9. The molecule has 1 heterocycles. The van der Waals surface area contributed by atoms with Gasteiger partial charge >= 0.3 is 0 Å². The van der Waals surface area contributed by atoms with Crippen LogP contribution in [0.25, 0.3) is 6.08 Å². The first-order valence-electron chi connectivity index (χ1n) is 5.66. The molecule has 3 nitrogen and oxygen atoms in total. The van der Waals surface area contributed by atoms with E-state index in [9.17, 15) is 14.3 Å². The van der Waals surface area contributed by atoms with Gasteiger partial charge in [0.15, 0.2) is 0 Å². The second kappa shape index (κ2) is 5.50. The average molecular weight is 270 g/mol. The molecular weight excluding hydrogens is 257 g/mol. The summed E-state index contributed by atoms with van der Waals surface area (Å²) in [5.41, 5.74) is 0.662. The predicted molar refractivity (Wildman–Crippen MR) is 67.6 cm³/mol. The molecule has 1 aromatic rings. The lowest BCUT2D eigenvalue weighted by molar-refractivity contribution is -0.125. The quantitative estimate of drug-likeness (QED) is 0.835. The van der Waals surface area contributed by atoms with Gasteiger partial charge in [-0.15, -0.1) is 0 Å². The number of hydrogen-bond acceptors (Lipinski definition) is 2. The van der Waals surface area contributed by atoms with Gasteiger partial charge in [-0.1, -0.05) is 17.7 Å². The SMILES string of the molecule is O=C(C=Cc1ccc(F)c(Cl)c1)N1CC[C@@H](O)C1. The van der Waals surface area contributed by atoms with Crippen LogP contribution in [0.3, 0.4) is 0 Å². The van der Waals surface area contributed by atoms with Gasteiger partial charge in [0.2, 0.25) is 5.91 Å². The highest BCUT2D eigenvalue weighted by Gasteiger charge is 2.22. The van der Waals surface area contributed by atoms with Gasteiger partial charge in [-0.3, -0.25) is 4.79 Å². The minimum atomic E-state index is -0.484. The summed E-state index contributed by atoms with van der Waals surface area (Å²) in [6.45, 7) is 0.932. The van der Waals surface area contributed by atoms with Crippen LogP contribution in [0.5, 0.6) is 0 Å². The van der Waals surface area contributed by atoms with Gasteiger partial charge in [-0.25, -0.2) is 4.39 Å². The maximum Gasteiger partial charge on any atom is 0.246 e. The summed E-state index contributed by atoms with van der Waals surface area (Å²) in [5, 5.41) is 9.35. The smallest absolute Gasteiger partial charge is 0.246 e. The topological polar surface area (TPSA) is 40.5 Å². The highest BCUT2D eigenvalue weighted by molar-refractivity contribution is 6.30. The van der Waals surface area contributed by atoms with Crippen molar-refractivity contribution in [3.8, 4) is 0 Å². The van der Waals surface area contributed by atoms with E-state index >= 15 is 0 Å². The van der Waals surface area contributed by atoms with Gasteiger partial charge in [-0.2, -0.15) is 0 Å². The largest absolute Gasteiger partial charge is 0.391 e. The van der Waals surface area contributed by atoms with Crippen molar-refractivity contribution in [1.29, 1.82) is 0 Å². The van der Waals surface area contributed by atoms with Gasteiger partial charge in [0, 0.05) is 19.2 Å². The fourth-order valence-electron chi connectivity index (χ4n) is 1.83. The van der Waals surface area contributed by atoms with E-state index in [2.05, 4.69) is 0 Å². The standard InChI is InChI=1S/C13H13ClFNO2/c14-11-7-9(1-3-12(11)15)2-4-13(18)16-6-5-10(17)8-16/h1-4,7,10,17H,5-6,8H2/t10-/m1/s1. The Labute approximate surface area is 109 Å². The highest BCUT2D eigenvalue weighted by Crippen LogP contribution is 2.17. The molecule has 0 bridgehead atoms. The number of amides is 1. The average Bonchev–Trinajstić information content (AvgIpc) is 2.77. The van der Waals surface area contributed by atoms with E-state index in [0.717, 1.165) is 0 Å². The molecule has 5 heteroatoms. The Balaban J connectivity index is 2.02. The number of aliphatic hydroxyl groups is 1. The number of rotatable bonds is 2. The number of aliphatic hydroxyl groups excluding tert-OH is 1. The monoisotopic (exact) mass is 269 g/mol. The van der Waals surface area contributed by atoms with Crippen LogP contribution in [-0.4, -0.2) is 35.1 Å². The maximum absolute atomic E-state index is 12.9. The number of hydrogen-bond donors (Lipinski definition) is 1. The van der Waals surface area contributed by atoms with Crippen LogP contribution in [0.1, 0.15) is 12.0 Å². The Morgan fingerprint density at radius 1 is 1.56 bits per heavy atom. The van der Waals surface area contributed by atoms with Crippen molar-refractivity contribution in [2.24, 2.45) is 0 Å². The van der Waals surface area contributed by atoms with Crippen LogP contribution in [0.2, 0.25) is 5.02 Å². The first-order chi connectivity index (χ1) is 8.56. The zero-order valence-electron chi connectivity index (χ0n) is 9.64. The van der Waals surface area contributed by atoms with Gasteiger partial charge in [-0.05, 0) is 30.2 Å². The van der Waals surface area contributed by atoms with Crippen molar-refractivity contribution in [3.63, 3.8) is 0 Å². The molecule has 1 fully saturated rings. The molecule has 1 aliphatic heterocycles. The highest BCUT2D eigenvalue weighted by atomic mass is 35.5. The van der Waals surface area contributed by atoms with Crippen molar-refractivity contribution in [2.75, 3.05) is 13.1 Å². The molecule has 1 saturated heterocycles. The fourth-order valence-corrected chi connectivity index (χ4v) is 2.02. The van der Waals surface area contributed by atoms with Gasteiger partial charge in [0.1, 0.15) is 5.82 Å². The molecule has 1 N–H and O–H groups in total. The van der Waals surface area contributed by atoms with Gasteiger partial charge in [0.25, 0.3) is 0 Å². The van der Waals surface area contributed by atoms with E-state index in [-0.39, 0.29) is 10.9 Å². The van der Waals surface area contributed by atoms with E-state index in [4.69, 9.17) is 11.6 Å². The summed E-state index contributed by atoms with van der Waals surface area (Å²) in [7, 11) is 0. The minimum Gasteiger partial charge on any atom is -0.391 e. The van der Waals surface area contributed by atoms with Crippen LogP contribution in [0.4, 0.5) is 4.39 Å². The fraction of sp³-hybridized carbons (Fsp3) is 0.308. The number of carbonyl (C=O) groups is 1. The number of benzene rings is 1. The van der Waals surface area contributed by atoms with Crippen molar-refractivity contribution >= 4 is 23.6 Å². The Morgan fingerprint density at radius 2 is 2.33 bits per heavy atom. The number of carbonyl (C=O) groups excluding carboxylic acids is 1. The van der Waals surface area contributed by atoms with Crippen LogP contribution in [0, 0.1) is 5.82 Å². The molecule has 1 aliphatic rings. The third-order valence-corrected chi connectivity index (χ3v) is 3.13. The van der Waals surface area contributed by atoms with E-state index in [1.807, 2.05) is 0 Å². The molecule has 0 radical (unpaired) electrons. The number of β-amino-alcohol motifs (C(OH)–C–C–N with tert-alkyl or cyclic N) is 1. The first-order valence-corrected chi connectivity index (χ1v) is 6.04. The van der Waals surface area contributed by atoms with Crippen LogP contribution >= 0.6 is 11.6 Å². The lowest BCUT2D eigenvalue weighted by Gasteiger charge is -2.12. The van der Waals surface area contributed by atoms with Gasteiger partial charge < -0.3 is 10.0 Å². The molecule has 96 valence electrons. The minimum absolute atomic E-state index is 0.0289. The van der Waals surface area contributed by atoms with Gasteiger partial charge in [0.05, 0.1) is 11.1 Å². The molecule has 18 heavy (non-hydrogen) atoms. The number of halogens is 2. The lowest BCUT2D eigenvalue weighted by atomic mass is 10.2. The number of nitrogens with zero attached hydrogens (tertiary/aromatic N) is 1. The third kappa shape index (κ3) is 3.09. The zero-order valence-corrected chi connectivity index (χ0v) is 10.4. The molecule has 1 aromatic carbocycles. The third-order valence-electron chi connectivity index (χ3n) is 2.84. The summed E-state index contributed by atoms with van der Waals surface area (Å²) in [6.07, 6.45) is 3.17. The summed E-state index contributed by atoms with van der Waals surface area (Å²) < 4.78 is 12.9. The molecule has 0 unspecified atom stereocenters. The molecular formula is C13H13ClFNO2. The Hall–Kier alpha value is -1.39. The van der Waals surface area contributed by atoms with Crippen molar-refractivity contribution in [1.82, 2.24) is 4.90 Å².